The number of allylic oxidation sites excluding steroid dienone is 6. The molecular formula is C13H18. The first kappa shape index (κ1) is 8.80. The molecule has 2 rings (SSSR count). The van der Waals surface area contributed by atoms with Crippen LogP contribution in [0.1, 0.15) is 33.1 Å². The Morgan fingerprint density at radius 1 is 1.31 bits per heavy atom. The van der Waals surface area contributed by atoms with Gasteiger partial charge in [0.1, 0.15) is 0 Å². The van der Waals surface area contributed by atoms with Crippen LogP contribution in [0, 0.1) is 11.3 Å². The van der Waals surface area contributed by atoms with Gasteiger partial charge in [-0.25, -0.2) is 0 Å². The fraction of sp³-hybridized carbons (Fsp3) is 0.538. The topological polar surface area (TPSA) is 0 Å². The first-order chi connectivity index (χ1) is 6.26. The molecule has 0 amide bonds. The minimum atomic E-state index is 0.462. The molecule has 0 nitrogen and oxygen atoms in total. The van der Waals surface area contributed by atoms with Gasteiger partial charge >= 0.3 is 0 Å². The van der Waals surface area contributed by atoms with Crippen LogP contribution in [0.2, 0.25) is 0 Å². The lowest BCUT2D eigenvalue weighted by molar-refractivity contribution is 0.227. The third-order valence-electron chi connectivity index (χ3n) is 3.63. The zero-order valence-electron chi connectivity index (χ0n) is 8.59. The molecule has 0 radical (unpaired) electrons. The second-order valence-electron chi connectivity index (χ2n) is 4.51. The summed E-state index contributed by atoms with van der Waals surface area (Å²) in [5.41, 5.74) is 2.01. The Hall–Kier alpha value is -0.780. The third kappa shape index (κ3) is 1.29. The molecule has 13 heavy (non-hydrogen) atoms. The fourth-order valence-electron chi connectivity index (χ4n) is 2.61. The summed E-state index contributed by atoms with van der Waals surface area (Å²) in [6.07, 6.45) is 15.3. The molecule has 0 heteroatoms. The van der Waals surface area contributed by atoms with Crippen molar-refractivity contribution in [2.24, 2.45) is 11.3 Å². The van der Waals surface area contributed by atoms with Crippen molar-refractivity contribution in [2.75, 3.05) is 0 Å². The smallest absolute Gasteiger partial charge is 0.00133 e. The van der Waals surface area contributed by atoms with Crippen molar-refractivity contribution in [3.05, 3.63) is 36.0 Å². The van der Waals surface area contributed by atoms with Crippen LogP contribution in [0.4, 0.5) is 0 Å². The van der Waals surface area contributed by atoms with Gasteiger partial charge in [-0.1, -0.05) is 44.2 Å². The average Bonchev–Trinajstić information content (AvgIpc) is 2.17. The predicted octanol–water partition coefficient (Wildman–Crippen LogP) is 3.87. The number of hydrogen-bond donors (Lipinski definition) is 0. The summed E-state index contributed by atoms with van der Waals surface area (Å²) in [7, 11) is 0. The molecule has 70 valence electrons. The molecule has 0 fully saturated rings. The Kier molecular flexibility index (Phi) is 2.15. The van der Waals surface area contributed by atoms with Crippen LogP contribution in [-0.2, 0) is 0 Å². The lowest BCUT2D eigenvalue weighted by Gasteiger charge is -2.41. The van der Waals surface area contributed by atoms with E-state index in [-0.39, 0.29) is 0 Å². The highest BCUT2D eigenvalue weighted by Crippen LogP contribution is 2.48. The van der Waals surface area contributed by atoms with E-state index in [0.29, 0.717) is 5.41 Å². The zero-order valence-corrected chi connectivity index (χ0v) is 8.59. The summed E-state index contributed by atoms with van der Waals surface area (Å²) in [5.74, 6) is 0.758. The Labute approximate surface area is 81.0 Å². The van der Waals surface area contributed by atoms with Crippen LogP contribution >= 0.6 is 0 Å². The molecule has 2 aliphatic carbocycles. The molecule has 0 aromatic carbocycles. The van der Waals surface area contributed by atoms with E-state index in [9.17, 15) is 0 Å². The van der Waals surface area contributed by atoms with Crippen molar-refractivity contribution < 1.29 is 0 Å². The van der Waals surface area contributed by atoms with Crippen molar-refractivity contribution in [2.45, 2.75) is 33.1 Å². The highest BCUT2D eigenvalue weighted by molar-refractivity contribution is 5.37. The maximum absolute atomic E-state index is 2.35. The summed E-state index contributed by atoms with van der Waals surface area (Å²) in [6.45, 7) is 4.71. The summed E-state index contributed by atoms with van der Waals surface area (Å²) in [5, 5.41) is 0. The molecular weight excluding hydrogens is 156 g/mol. The summed E-state index contributed by atoms with van der Waals surface area (Å²) < 4.78 is 0. The predicted molar refractivity (Wildman–Crippen MR) is 57.5 cm³/mol. The molecule has 0 spiro atoms. The van der Waals surface area contributed by atoms with Crippen molar-refractivity contribution in [3.8, 4) is 0 Å². The second-order valence-corrected chi connectivity index (χ2v) is 4.51. The molecule has 0 bridgehead atoms. The quantitative estimate of drug-likeness (QED) is 0.566. The maximum atomic E-state index is 2.35. The summed E-state index contributed by atoms with van der Waals surface area (Å²) in [4.78, 5) is 0. The largest absolute Gasteiger partial charge is 0.0842 e. The first-order valence-electron chi connectivity index (χ1n) is 5.29. The molecule has 0 saturated heterocycles. The average molecular weight is 174 g/mol. The minimum absolute atomic E-state index is 0.462. The Morgan fingerprint density at radius 3 is 2.85 bits per heavy atom. The van der Waals surface area contributed by atoms with Gasteiger partial charge in [0.15, 0.2) is 0 Å². The van der Waals surface area contributed by atoms with Gasteiger partial charge in [0.25, 0.3) is 0 Å². The van der Waals surface area contributed by atoms with E-state index in [0.717, 1.165) is 5.92 Å². The standard InChI is InChI=1S/C13H18/c1-11(2)13-9-5-3-7-12(13)8-4-6-10-13/h3-5,7-8,11H,6,9-10H2,1-2H3. The van der Waals surface area contributed by atoms with Crippen LogP contribution in [0.3, 0.4) is 0 Å². The van der Waals surface area contributed by atoms with E-state index < -0.39 is 0 Å². The number of rotatable bonds is 1. The van der Waals surface area contributed by atoms with Gasteiger partial charge in [0, 0.05) is 5.41 Å². The molecule has 0 aliphatic heterocycles. The van der Waals surface area contributed by atoms with Crippen molar-refractivity contribution in [1.82, 2.24) is 0 Å². The number of fused-ring (bicyclic) bond motifs is 1. The van der Waals surface area contributed by atoms with E-state index in [1.807, 2.05) is 0 Å². The van der Waals surface area contributed by atoms with Crippen LogP contribution in [0.5, 0.6) is 0 Å². The summed E-state index contributed by atoms with van der Waals surface area (Å²) >= 11 is 0. The molecule has 0 saturated carbocycles. The second kappa shape index (κ2) is 3.17. The lowest BCUT2D eigenvalue weighted by Crippen LogP contribution is -2.31. The molecule has 2 aliphatic rings. The van der Waals surface area contributed by atoms with Gasteiger partial charge in [-0.3, -0.25) is 0 Å². The van der Waals surface area contributed by atoms with Gasteiger partial charge in [0.05, 0.1) is 0 Å². The van der Waals surface area contributed by atoms with Crippen LogP contribution in [-0.4, -0.2) is 0 Å². The van der Waals surface area contributed by atoms with E-state index in [4.69, 9.17) is 0 Å². The van der Waals surface area contributed by atoms with Crippen LogP contribution in [0.15, 0.2) is 36.0 Å². The minimum Gasteiger partial charge on any atom is -0.0842 e. The Balaban J connectivity index is 2.40. The van der Waals surface area contributed by atoms with Gasteiger partial charge in [-0.2, -0.15) is 0 Å². The van der Waals surface area contributed by atoms with E-state index in [1.54, 1.807) is 5.57 Å². The monoisotopic (exact) mass is 174 g/mol. The zero-order chi connectivity index (χ0) is 9.31. The van der Waals surface area contributed by atoms with Gasteiger partial charge in [-0.15, -0.1) is 0 Å². The molecule has 0 aromatic rings. The molecule has 0 heterocycles. The maximum Gasteiger partial charge on any atom is 0.00133 e. The fourth-order valence-corrected chi connectivity index (χ4v) is 2.61. The Morgan fingerprint density at radius 2 is 2.15 bits per heavy atom. The van der Waals surface area contributed by atoms with Gasteiger partial charge in [-0.05, 0) is 30.8 Å². The van der Waals surface area contributed by atoms with Crippen molar-refractivity contribution >= 4 is 0 Å². The van der Waals surface area contributed by atoms with Gasteiger partial charge in [0.2, 0.25) is 0 Å². The Bertz CT molecular complexity index is 278. The lowest BCUT2D eigenvalue weighted by atomic mass is 9.63. The molecule has 1 atom stereocenters. The van der Waals surface area contributed by atoms with E-state index in [1.165, 1.54) is 19.3 Å². The normalized spacial score (nSPS) is 31.8. The highest BCUT2D eigenvalue weighted by Gasteiger charge is 2.36. The highest BCUT2D eigenvalue weighted by atomic mass is 14.4. The first-order valence-corrected chi connectivity index (χ1v) is 5.29. The molecule has 0 N–H and O–H groups in total. The third-order valence-corrected chi connectivity index (χ3v) is 3.63. The summed E-state index contributed by atoms with van der Waals surface area (Å²) in [6, 6.07) is 0. The molecule has 1 unspecified atom stereocenters. The van der Waals surface area contributed by atoms with Crippen molar-refractivity contribution in [3.63, 3.8) is 0 Å². The van der Waals surface area contributed by atoms with Gasteiger partial charge < -0.3 is 0 Å². The number of hydrogen-bond acceptors (Lipinski definition) is 0. The van der Waals surface area contributed by atoms with Crippen LogP contribution in [0.25, 0.3) is 0 Å². The van der Waals surface area contributed by atoms with E-state index in [2.05, 4.69) is 44.2 Å². The van der Waals surface area contributed by atoms with Crippen molar-refractivity contribution in [1.29, 1.82) is 0 Å². The molecule has 0 aromatic heterocycles. The SMILES string of the molecule is CC(C)C12CC=CC=C1C=CCC2. The van der Waals surface area contributed by atoms with Crippen LogP contribution < -0.4 is 0 Å². The van der Waals surface area contributed by atoms with E-state index >= 15 is 0 Å².